The van der Waals surface area contributed by atoms with Gasteiger partial charge < -0.3 is 15.4 Å². The lowest BCUT2D eigenvalue weighted by molar-refractivity contribution is 0.481. The lowest BCUT2D eigenvalue weighted by Gasteiger charge is -2.15. The molecule has 0 saturated carbocycles. The first-order valence-electron chi connectivity index (χ1n) is 6.07. The molecule has 0 atom stereocenters. The monoisotopic (exact) mass is 333 g/mol. The Morgan fingerprint density at radius 2 is 1.90 bits per heavy atom. The van der Waals surface area contributed by atoms with Gasteiger partial charge in [0.1, 0.15) is 17.3 Å². The summed E-state index contributed by atoms with van der Waals surface area (Å²) < 4.78 is 6.61. The van der Waals surface area contributed by atoms with Crippen molar-refractivity contribution in [2.75, 3.05) is 19.0 Å². The normalized spacial score (nSPS) is 10.2. The highest BCUT2D eigenvalue weighted by Gasteiger charge is 2.11. The van der Waals surface area contributed by atoms with Crippen molar-refractivity contribution in [1.29, 1.82) is 5.41 Å². The summed E-state index contributed by atoms with van der Waals surface area (Å²) in [5.41, 5.74) is 7.21. The van der Waals surface area contributed by atoms with Crippen LogP contribution in [0.2, 0.25) is 0 Å². The van der Waals surface area contributed by atoms with Gasteiger partial charge in [-0.3, -0.25) is 5.41 Å². The van der Waals surface area contributed by atoms with E-state index in [0.29, 0.717) is 17.1 Å². The van der Waals surface area contributed by atoms with E-state index in [-0.39, 0.29) is 5.84 Å². The summed E-state index contributed by atoms with van der Waals surface area (Å²) in [6.45, 7) is 0. The number of hydrogen-bond acceptors (Lipinski definition) is 3. The van der Waals surface area contributed by atoms with E-state index in [2.05, 4.69) is 15.9 Å². The summed E-state index contributed by atoms with van der Waals surface area (Å²) >= 11 is 3.39. The van der Waals surface area contributed by atoms with Crippen LogP contribution >= 0.6 is 15.9 Å². The Kier molecular flexibility index (Phi) is 4.29. The quantitative estimate of drug-likeness (QED) is 0.663. The van der Waals surface area contributed by atoms with Crippen LogP contribution in [0.4, 0.5) is 5.69 Å². The minimum atomic E-state index is -0.0313. The lowest BCUT2D eigenvalue weighted by Crippen LogP contribution is -2.13. The van der Waals surface area contributed by atoms with Gasteiger partial charge in [0.2, 0.25) is 0 Å². The molecular formula is C15H16BrN3O. The SMILES string of the molecule is CN(C)c1cccc(Oc2cccc(Br)c2C(=N)N)c1. The van der Waals surface area contributed by atoms with Gasteiger partial charge in [0.25, 0.3) is 0 Å². The highest BCUT2D eigenvalue weighted by atomic mass is 79.9. The van der Waals surface area contributed by atoms with Crippen LogP contribution in [0.3, 0.4) is 0 Å². The molecule has 104 valence electrons. The summed E-state index contributed by atoms with van der Waals surface area (Å²) in [6.07, 6.45) is 0. The molecule has 4 nitrogen and oxygen atoms in total. The number of nitrogens with zero attached hydrogens (tertiary/aromatic N) is 1. The van der Waals surface area contributed by atoms with Crippen LogP contribution < -0.4 is 15.4 Å². The number of amidine groups is 1. The average molecular weight is 334 g/mol. The molecule has 0 amide bonds. The first-order valence-corrected chi connectivity index (χ1v) is 6.86. The third-order valence-electron chi connectivity index (χ3n) is 2.81. The topological polar surface area (TPSA) is 62.3 Å². The standard InChI is InChI=1S/C15H16BrN3O/c1-19(2)10-5-3-6-11(9-10)20-13-8-4-7-12(16)14(13)15(17)18/h3-9H,1-2H3,(H3,17,18). The zero-order chi connectivity index (χ0) is 14.7. The summed E-state index contributed by atoms with van der Waals surface area (Å²) in [5, 5.41) is 7.65. The molecule has 0 aliphatic rings. The summed E-state index contributed by atoms with van der Waals surface area (Å²) in [6, 6.07) is 13.2. The fourth-order valence-electron chi connectivity index (χ4n) is 1.80. The van der Waals surface area contributed by atoms with Crippen molar-refractivity contribution in [3.63, 3.8) is 0 Å². The molecule has 0 radical (unpaired) electrons. The van der Waals surface area contributed by atoms with E-state index in [0.717, 1.165) is 10.2 Å². The van der Waals surface area contributed by atoms with Crippen LogP contribution in [0.15, 0.2) is 46.9 Å². The number of anilines is 1. The van der Waals surface area contributed by atoms with Gasteiger partial charge in [0, 0.05) is 30.3 Å². The first-order chi connectivity index (χ1) is 9.49. The second-order valence-electron chi connectivity index (χ2n) is 4.52. The van der Waals surface area contributed by atoms with Crippen molar-refractivity contribution in [1.82, 2.24) is 0 Å². The van der Waals surface area contributed by atoms with E-state index >= 15 is 0 Å². The van der Waals surface area contributed by atoms with Crippen LogP contribution in [-0.2, 0) is 0 Å². The summed E-state index contributed by atoms with van der Waals surface area (Å²) in [5.74, 6) is 1.23. The molecule has 2 aromatic rings. The second-order valence-corrected chi connectivity index (χ2v) is 5.37. The van der Waals surface area contributed by atoms with Gasteiger partial charge in [-0.05, 0) is 40.2 Å². The third kappa shape index (κ3) is 3.11. The van der Waals surface area contributed by atoms with Crippen molar-refractivity contribution >= 4 is 27.5 Å². The van der Waals surface area contributed by atoms with Crippen LogP contribution in [0.1, 0.15) is 5.56 Å². The Balaban J connectivity index is 2.38. The van der Waals surface area contributed by atoms with Gasteiger partial charge in [0.05, 0.1) is 5.56 Å². The van der Waals surface area contributed by atoms with E-state index in [4.69, 9.17) is 15.9 Å². The molecule has 0 spiro atoms. The summed E-state index contributed by atoms with van der Waals surface area (Å²) in [4.78, 5) is 2.00. The van der Waals surface area contributed by atoms with Crippen LogP contribution in [0.25, 0.3) is 0 Å². The Morgan fingerprint density at radius 1 is 1.20 bits per heavy atom. The zero-order valence-corrected chi connectivity index (χ0v) is 12.9. The van der Waals surface area contributed by atoms with Gasteiger partial charge in [-0.1, -0.05) is 12.1 Å². The van der Waals surface area contributed by atoms with Gasteiger partial charge in [-0.15, -0.1) is 0 Å². The fourth-order valence-corrected chi connectivity index (χ4v) is 2.36. The summed E-state index contributed by atoms with van der Waals surface area (Å²) in [7, 11) is 3.94. The molecule has 0 unspecified atom stereocenters. The Labute approximate surface area is 126 Å². The van der Waals surface area contributed by atoms with Crippen molar-refractivity contribution in [2.24, 2.45) is 5.73 Å². The highest BCUT2D eigenvalue weighted by molar-refractivity contribution is 9.10. The molecule has 0 bridgehead atoms. The molecule has 0 heterocycles. The van der Waals surface area contributed by atoms with E-state index in [1.165, 1.54) is 0 Å². The number of hydrogen-bond donors (Lipinski definition) is 2. The van der Waals surface area contributed by atoms with Crippen molar-refractivity contribution in [3.8, 4) is 11.5 Å². The number of nitrogens with one attached hydrogen (secondary N) is 1. The highest BCUT2D eigenvalue weighted by Crippen LogP contribution is 2.31. The van der Waals surface area contributed by atoms with Crippen molar-refractivity contribution < 1.29 is 4.74 Å². The molecule has 0 aliphatic heterocycles. The predicted octanol–water partition coefficient (Wildman–Crippen LogP) is 3.59. The molecule has 0 fully saturated rings. The van der Waals surface area contributed by atoms with Crippen LogP contribution in [0, 0.1) is 5.41 Å². The molecule has 3 N–H and O–H groups in total. The maximum absolute atomic E-state index is 7.65. The van der Waals surface area contributed by atoms with Crippen LogP contribution in [-0.4, -0.2) is 19.9 Å². The largest absolute Gasteiger partial charge is 0.456 e. The molecule has 20 heavy (non-hydrogen) atoms. The predicted molar refractivity (Wildman–Crippen MR) is 86.0 cm³/mol. The third-order valence-corrected chi connectivity index (χ3v) is 3.47. The Morgan fingerprint density at radius 3 is 2.55 bits per heavy atom. The first kappa shape index (κ1) is 14.4. The smallest absolute Gasteiger partial charge is 0.139 e. The number of benzene rings is 2. The number of nitrogens with two attached hydrogens (primary N) is 1. The molecule has 0 aromatic heterocycles. The number of ether oxygens (including phenoxy) is 1. The van der Waals surface area contributed by atoms with Gasteiger partial charge >= 0.3 is 0 Å². The van der Waals surface area contributed by atoms with E-state index in [1.807, 2.05) is 55.4 Å². The molecule has 2 aromatic carbocycles. The zero-order valence-electron chi connectivity index (χ0n) is 11.4. The Bertz CT molecular complexity index is 641. The minimum Gasteiger partial charge on any atom is -0.456 e. The minimum absolute atomic E-state index is 0.0313. The average Bonchev–Trinajstić information content (AvgIpc) is 2.38. The molecular weight excluding hydrogens is 318 g/mol. The molecule has 5 heteroatoms. The number of nitrogen functional groups attached to an aromatic ring is 1. The number of rotatable bonds is 4. The van der Waals surface area contributed by atoms with Crippen LogP contribution in [0.5, 0.6) is 11.5 Å². The molecule has 0 saturated heterocycles. The molecule has 0 aliphatic carbocycles. The van der Waals surface area contributed by atoms with Gasteiger partial charge in [-0.25, -0.2) is 0 Å². The van der Waals surface area contributed by atoms with Gasteiger partial charge in [0.15, 0.2) is 0 Å². The lowest BCUT2D eigenvalue weighted by atomic mass is 10.2. The van der Waals surface area contributed by atoms with Crippen molar-refractivity contribution in [2.45, 2.75) is 0 Å². The van der Waals surface area contributed by atoms with E-state index in [1.54, 1.807) is 6.07 Å². The Hall–Kier alpha value is -2.01. The van der Waals surface area contributed by atoms with E-state index in [9.17, 15) is 0 Å². The van der Waals surface area contributed by atoms with Gasteiger partial charge in [-0.2, -0.15) is 0 Å². The maximum atomic E-state index is 7.65. The van der Waals surface area contributed by atoms with Crippen molar-refractivity contribution in [3.05, 3.63) is 52.5 Å². The molecule has 2 rings (SSSR count). The number of halogens is 1. The fraction of sp³-hybridized carbons (Fsp3) is 0.133. The van der Waals surface area contributed by atoms with E-state index < -0.39 is 0 Å². The second kappa shape index (κ2) is 5.96. The maximum Gasteiger partial charge on any atom is 0.139 e.